The fraction of sp³-hybridized carbons (Fsp3) is 0.286. The molecule has 1 unspecified atom stereocenters. The van der Waals surface area contributed by atoms with Crippen LogP contribution in [-0.4, -0.2) is 23.8 Å². The van der Waals surface area contributed by atoms with Crippen molar-refractivity contribution in [2.75, 3.05) is 11.9 Å². The third kappa shape index (κ3) is 2.51. The summed E-state index contributed by atoms with van der Waals surface area (Å²) in [7, 11) is 0. The van der Waals surface area contributed by atoms with E-state index in [1.807, 2.05) is 24.3 Å². The van der Waals surface area contributed by atoms with Crippen LogP contribution in [0.25, 0.3) is 0 Å². The molecule has 0 fully saturated rings. The van der Waals surface area contributed by atoms with E-state index in [-0.39, 0.29) is 18.4 Å². The first-order valence-corrected chi connectivity index (χ1v) is 6.16. The summed E-state index contributed by atoms with van der Waals surface area (Å²) < 4.78 is 10.5. The van der Waals surface area contributed by atoms with Gasteiger partial charge >= 0.3 is 0 Å². The highest BCUT2D eigenvalue weighted by Gasteiger charge is 2.25. The quantitative estimate of drug-likeness (QED) is 0.902. The van der Waals surface area contributed by atoms with E-state index < -0.39 is 0 Å². The average Bonchev–Trinajstić information content (AvgIpc) is 2.98. The van der Waals surface area contributed by atoms with Crippen LogP contribution in [-0.2, 0) is 9.53 Å². The van der Waals surface area contributed by atoms with Crippen LogP contribution in [0.1, 0.15) is 12.2 Å². The van der Waals surface area contributed by atoms with E-state index in [0.717, 1.165) is 11.1 Å². The molecule has 1 aliphatic carbocycles. The van der Waals surface area contributed by atoms with E-state index in [2.05, 4.69) is 10.5 Å². The molecular weight excluding hydrogens is 244 g/mol. The number of nitrogens with zero attached hydrogens (tertiary/aromatic N) is 1. The van der Waals surface area contributed by atoms with Crippen LogP contribution in [0.15, 0.2) is 46.0 Å². The van der Waals surface area contributed by atoms with Gasteiger partial charge in [-0.05, 0) is 18.1 Å². The number of ether oxygens (including phenoxy) is 1. The molecule has 98 valence electrons. The molecule has 2 heterocycles. The standard InChI is InChI=1S/C14H14N2O3/c1-9-7-13(16-19-9)15-14(17)8-12-11-4-2-3-10(11)5-6-18-12/h2-5,7,12H,6,8H2,1H3,(H,15,16,17). The number of hydrogen-bond donors (Lipinski definition) is 1. The molecule has 5 heteroatoms. The molecule has 0 bridgehead atoms. The predicted octanol–water partition coefficient (Wildman–Crippen LogP) is 2.13. The van der Waals surface area contributed by atoms with E-state index in [9.17, 15) is 4.79 Å². The zero-order chi connectivity index (χ0) is 13.2. The van der Waals surface area contributed by atoms with Crippen molar-refractivity contribution in [3.8, 4) is 0 Å². The van der Waals surface area contributed by atoms with Gasteiger partial charge in [0.1, 0.15) is 5.76 Å². The zero-order valence-corrected chi connectivity index (χ0v) is 10.6. The molecule has 1 aromatic heterocycles. The molecule has 0 saturated heterocycles. The second-order valence-corrected chi connectivity index (χ2v) is 4.54. The topological polar surface area (TPSA) is 64.4 Å². The van der Waals surface area contributed by atoms with Gasteiger partial charge in [0.05, 0.1) is 19.1 Å². The van der Waals surface area contributed by atoms with E-state index in [4.69, 9.17) is 9.26 Å². The summed E-state index contributed by atoms with van der Waals surface area (Å²) in [6.07, 6.45) is 8.10. The smallest absolute Gasteiger partial charge is 0.228 e. The first kappa shape index (κ1) is 11.9. The van der Waals surface area contributed by atoms with Crippen molar-refractivity contribution in [2.45, 2.75) is 19.4 Å². The molecule has 0 saturated carbocycles. The van der Waals surface area contributed by atoms with Crippen LogP contribution < -0.4 is 5.32 Å². The number of nitrogens with one attached hydrogen (secondary N) is 1. The third-order valence-electron chi connectivity index (χ3n) is 3.10. The Morgan fingerprint density at radius 1 is 1.58 bits per heavy atom. The van der Waals surface area contributed by atoms with Crippen LogP contribution in [0.2, 0.25) is 0 Å². The molecule has 1 aromatic rings. The second-order valence-electron chi connectivity index (χ2n) is 4.54. The SMILES string of the molecule is Cc1cc(NC(=O)CC2OCC=C3C=CC=C32)no1. The molecule has 1 N–H and O–H groups in total. The Bertz CT molecular complexity index is 596. The lowest BCUT2D eigenvalue weighted by Gasteiger charge is -2.23. The summed E-state index contributed by atoms with van der Waals surface area (Å²) in [5.74, 6) is 0.970. The summed E-state index contributed by atoms with van der Waals surface area (Å²) in [5, 5.41) is 6.43. The monoisotopic (exact) mass is 258 g/mol. The molecule has 2 aliphatic rings. The number of hydrogen-bond acceptors (Lipinski definition) is 4. The van der Waals surface area contributed by atoms with Crippen LogP contribution in [0.5, 0.6) is 0 Å². The molecular formula is C14H14N2O3. The van der Waals surface area contributed by atoms with Gasteiger partial charge < -0.3 is 14.6 Å². The van der Waals surface area contributed by atoms with E-state index in [0.29, 0.717) is 18.2 Å². The van der Waals surface area contributed by atoms with Crippen molar-refractivity contribution >= 4 is 11.7 Å². The molecule has 19 heavy (non-hydrogen) atoms. The summed E-state index contributed by atoms with van der Waals surface area (Å²) >= 11 is 0. The minimum absolute atomic E-state index is 0.132. The predicted molar refractivity (Wildman–Crippen MR) is 69.5 cm³/mol. The van der Waals surface area contributed by atoms with Crippen molar-refractivity contribution in [2.24, 2.45) is 0 Å². The largest absolute Gasteiger partial charge is 0.369 e. The summed E-state index contributed by atoms with van der Waals surface area (Å²) in [5.41, 5.74) is 2.22. The van der Waals surface area contributed by atoms with Crippen LogP contribution >= 0.6 is 0 Å². The fourth-order valence-electron chi connectivity index (χ4n) is 2.23. The molecule has 5 nitrogen and oxygen atoms in total. The van der Waals surface area contributed by atoms with Gasteiger partial charge in [0.25, 0.3) is 0 Å². The Labute approximate surface area is 110 Å². The molecule has 3 rings (SSSR count). The number of aryl methyl sites for hydroxylation is 1. The number of amides is 1. The Morgan fingerprint density at radius 2 is 2.47 bits per heavy atom. The van der Waals surface area contributed by atoms with Gasteiger partial charge in [0.15, 0.2) is 5.82 Å². The Morgan fingerprint density at radius 3 is 3.26 bits per heavy atom. The number of fused-ring (bicyclic) bond motifs is 1. The first-order chi connectivity index (χ1) is 9.22. The normalized spacial score (nSPS) is 20.8. The van der Waals surface area contributed by atoms with E-state index in [1.165, 1.54) is 0 Å². The molecule has 0 aromatic carbocycles. The van der Waals surface area contributed by atoms with Gasteiger partial charge in [0, 0.05) is 6.07 Å². The second kappa shape index (κ2) is 4.85. The van der Waals surface area contributed by atoms with E-state index >= 15 is 0 Å². The first-order valence-electron chi connectivity index (χ1n) is 6.16. The lowest BCUT2D eigenvalue weighted by Crippen LogP contribution is -2.27. The zero-order valence-electron chi connectivity index (χ0n) is 10.6. The number of rotatable bonds is 3. The minimum atomic E-state index is -0.192. The summed E-state index contributed by atoms with van der Waals surface area (Å²) in [6.45, 7) is 2.32. The van der Waals surface area contributed by atoms with Gasteiger partial charge in [-0.2, -0.15) is 0 Å². The third-order valence-corrected chi connectivity index (χ3v) is 3.10. The summed E-state index contributed by atoms with van der Waals surface area (Å²) in [4.78, 5) is 11.9. The maximum Gasteiger partial charge on any atom is 0.228 e. The summed E-state index contributed by atoms with van der Waals surface area (Å²) in [6, 6.07) is 1.68. The lowest BCUT2D eigenvalue weighted by atomic mass is 9.98. The number of anilines is 1. The molecule has 1 atom stereocenters. The van der Waals surface area contributed by atoms with Gasteiger partial charge in [-0.1, -0.05) is 29.5 Å². The van der Waals surface area contributed by atoms with Crippen molar-refractivity contribution in [3.05, 3.63) is 47.3 Å². The fourth-order valence-corrected chi connectivity index (χ4v) is 2.23. The highest BCUT2D eigenvalue weighted by molar-refractivity contribution is 5.90. The molecule has 1 amide bonds. The van der Waals surface area contributed by atoms with Gasteiger partial charge in [0.2, 0.25) is 5.91 Å². The lowest BCUT2D eigenvalue weighted by molar-refractivity contribution is -0.118. The number of carbonyl (C=O) groups excluding carboxylic acids is 1. The molecule has 1 aliphatic heterocycles. The Kier molecular flexibility index (Phi) is 3.05. The van der Waals surface area contributed by atoms with Crippen molar-refractivity contribution in [3.63, 3.8) is 0 Å². The Hall–Kier alpha value is -2.14. The van der Waals surface area contributed by atoms with E-state index in [1.54, 1.807) is 13.0 Å². The molecule has 0 spiro atoms. The highest BCUT2D eigenvalue weighted by Crippen LogP contribution is 2.29. The van der Waals surface area contributed by atoms with Crippen molar-refractivity contribution < 1.29 is 14.1 Å². The highest BCUT2D eigenvalue weighted by atomic mass is 16.5. The van der Waals surface area contributed by atoms with Gasteiger partial charge in [-0.3, -0.25) is 4.79 Å². The van der Waals surface area contributed by atoms with Gasteiger partial charge in [-0.25, -0.2) is 0 Å². The Balaban J connectivity index is 1.62. The van der Waals surface area contributed by atoms with Crippen LogP contribution in [0, 0.1) is 6.92 Å². The maximum atomic E-state index is 11.9. The number of allylic oxidation sites excluding steroid dienone is 3. The number of aromatic nitrogens is 1. The van der Waals surface area contributed by atoms with Crippen molar-refractivity contribution in [1.82, 2.24) is 5.16 Å². The maximum absolute atomic E-state index is 11.9. The molecule has 0 radical (unpaired) electrons. The average molecular weight is 258 g/mol. The number of carbonyl (C=O) groups is 1. The van der Waals surface area contributed by atoms with Crippen molar-refractivity contribution in [1.29, 1.82) is 0 Å². The van der Waals surface area contributed by atoms with Crippen LogP contribution in [0.4, 0.5) is 5.82 Å². The van der Waals surface area contributed by atoms with Crippen LogP contribution in [0.3, 0.4) is 0 Å². The minimum Gasteiger partial charge on any atom is -0.369 e. The van der Waals surface area contributed by atoms with Gasteiger partial charge in [-0.15, -0.1) is 0 Å².